The smallest absolute Gasteiger partial charge is 0.249 e. The van der Waals surface area contributed by atoms with Crippen molar-refractivity contribution in [1.82, 2.24) is 4.90 Å². The summed E-state index contributed by atoms with van der Waals surface area (Å²) in [5.74, 6) is 1.01. The van der Waals surface area contributed by atoms with E-state index in [0.29, 0.717) is 6.54 Å². The summed E-state index contributed by atoms with van der Waals surface area (Å²) in [6, 6.07) is 8.00. The van der Waals surface area contributed by atoms with E-state index >= 15 is 0 Å². The maximum atomic E-state index is 12.7. The van der Waals surface area contributed by atoms with Crippen molar-refractivity contribution in [3.05, 3.63) is 41.5 Å². The van der Waals surface area contributed by atoms with Gasteiger partial charge in [0.2, 0.25) is 5.91 Å². The Morgan fingerprint density at radius 2 is 2.25 bits per heavy atom. The van der Waals surface area contributed by atoms with Crippen LogP contribution >= 0.6 is 0 Å². The standard InChI is InChI=1S/C20H27NO3/c1-24-18-9-4-6-16(12-18)13-20(15-22)10-5-11-21(14-20)19(23)17-7-2-3-8-17/h4,6-7,9,12,22H,2-3,5,8,10-11,13-15H2,1H3/t20-/m1/s1. The molecule has 1 aliphatic heterocycles. The van der Waals surface area contributed by atoms with Crippen molar-refractivity contribution >= 4 is 5.91 Å². The number of likely N-dealkylation sites (tertiary alicyclic amines) is 1. The Hall–Kier alpha value is -1.81. The number of carbonyl (C=O) groups is 1. The molecule has 4 nitrogen and oxygen atoms in total. The van der Waals surface area contributed by atoms with Crippen LogP contribution in [-0.2, 0) is 11.2 Å². The Bertz CT molecular complexity index is 625. The molecule has 1 aromatic carbocycles. The van der Waals surface area contributed by atoms with Crippen LogP contribution in [0.1, 0.15) is 37.7 Å². The van der Waals surface area contributed by atoms with Crippen molar-refractivity contribution < 1.29 is 14.6 Å². The van der Waals surface area contributed by atoms with Crippen molar-refractivity contribution in [3.8, 4) is 5.75 Å². The fraction of sp³-hybridized carbons (Fsp3) is 0.550. The molecule has 1 fully saturated rings. The van der Waals surface area contributed by atoms with Gasteiger partial charge in [0, 0.05) is 24.1 Å². The van der Waals surface area contributed by atoms with E-state index in [-0.39, 0.29) is 17.9 Å². The number of hydrogen-bond donors (Lipinski definition) is 1. The average Bonchev–Trinajstić information content (AvgIpc) is 3.16. The zero-order valence-corrected chi connectivity index (χ0v) is 14.5. The summed E-state index contributed by atoms with van der Waals surface area (Å²) in [5, 5.41) is 10.1. The summed E-state index contributed by atoms with van der Waals surface area (Å²) in [4.78, 5) is 14.7. The highest BCUT2D eigenvalue weighted by atomic mass is 16.5. The number of methoxy groups -OCH3 is 1. The fourth-order valence-corrected chi connectivity index (χ4v) is 3.99. The summed E-state index contributed by atoms with van der Waals surface area (Å²) in [6.45, 7) is 1.54. The Balaban J connectivity index is 1.74. The van der Waals surface area contributed by atoms with E-state index in [4.69, 9.17) is 4.74 Å². The number of allylic oxidation sites excluding steroid dienone is 1. The van der Waals surface area contributed by atoms with Gasteiger partial charge in [0.1, 0.15) is 5.75 Å². The predicted octanol–water partition coefficient (Wildman–Crippen LogP) is 2.95. The molecule has 0 aromatic heterocycles. The zero-order valence-electron chi connectivity index (χ0n) is 14.5. The number of amides is 1. The third kappa shape index (κ3) is 3.64. The monoisotopic (exact) mass is 329 g/mol. The first-order valence-corrected chi connectivity index (χ1v) is 8.88. The summed E-state index contributed by atoms with van der Waals surface area (Å²) in [5.41, 5.74) is 1.86. The van der Waals surface area contributed by atoms with Gasteiger partial charge >= 0.3 is 0 Å². The van der Waals surface area contributed by atoms with Gasteiger partial charge in [-0.05, 0) is 56.2 Å². The molecule has 0 spiro atoms. The van der Waals surface area contributed by atoms with Gasteiger partial charge in [-0.2, -0.15) is 0 Å². The summed E-state index contributed by atoms with van der Waals surface area (Å²) in [6.07, 6.45) is 7.75. The van der Waals surface area contributed by atoms with E-state index in [1.807, 2.05) is 23.1 Å². The molecular formula is C20H27NO3. The minimum atomic E-state index is -0.251. The Labute approximate surface area is 144 Å². The minimum Gasteiger partial charge on any atom is -0.497 e. The summed E-state index contributed by atoms with van der Waals surface area (Å²) < 4.78 is 5.30. The number of carbonyl (C=O) groups excluding carboxylic acids is 1. The van der Waals surface area contributed by atoms with Gasteiger partial charge in [-0.3, -0.25) is 4.79 Å². The highest BCUT2D eigenvalue weighted by Crippen LogP contribution is 2.35. The topological polar surface area (TPSA) is 49.8 Å². The Morgan fingerprint density at radius 1 is 1.38 bits per heavy atom. The number of piperidine rings is 1. The average molecular weight is 329 g/mol. The molecule has 2 aliphatic rings. The number of aliphatic hydroxyl groups is 1. The van der Waals surface area contributed by atoms with E-state index in [1.165, 1.54) is 0 Å². The van der Waals surface area contributed by atoms with Gasteiger partial charge in [-0.1, -0.05) is 18.2 Å². The molecular weight excluding hydrogens is 302 g/mol. The van der Waals surface area contributed by atoms with Crippen LogP contribution in [0.25, 0.3) is 0 Å². The normalized spacial score (nSPS) is 23.9. The molecule has 0 radical (unpaired) electrons. The predicted molar refractivity (Wildman–Crippen MR) is 94.0 cm³/mol. The van der Waals surface area contributed by atoms with Gasteiger partial charge in [-0.25, -0.2) is 0 Å². The lowest BCUT2D eigenvalue weighted by atomic mass is 9.75. The van der Waals surface area contributed by atoms with Crippen molar-refractivity contribution in [3.63, 3.8) is 0 Å². The van der Waals surface area contributed by atoms with Gasteiger partial charge in [0.05, 0.1) is 13.7 Å². The molecule has 0 saturated carbocycles. The molecule has 1 heterocycles. The summed E-state index contributed by atoms with van der Waals surface area (Å²) >= 11 is 0. The fourth-order valence-electron chi connectivity index (χ4n) is 3.99. The lowest BCUT2D eigenvalue weighted by Crippen LogP contribution is -2.49. The number of ether oxygens (including phenoxy) is 1. The molecule has 0 unspecified atom stereocenters. The molecule has 24 heavy (non-hydrogen) atoms. The highest BCUT2D eigenvalue weighted by Gasteiger charge is 2.37. The first-order chi connectivity index (χ1) is 11.7. The van der Waals surface area contributed by atoms with Crippen LogP contribution in [0.3, 0.4) is 0 Å². The molecule has 3 rings (SSSR count). The molecule has 1 atom stereocenters. The van der Waals surface area contributed by atoms with Crippen molar-refractivity contribution in [2.24, 2.45) is 5.41 Å². The molecule has 1 aliphatic carbocycles. The van der Waals surface area contributed by atoms with Gasteiger partial charge in [-0.15, -0.1) is 0 Å². The van der Waals surface area contributed by atoms with Crippen molar-refractivity contribution in [2.75, 3.05) is 26.8 Å². The molecule has 4 heteroatoms. The van der Waals surface area contributed by atoms with Crippen LogP contribution < -0.4 is 4.74 Å². The van der Waals surface area contributed by atoms with Crippen molar-refractivity contribution in [2.45, 2.75) is 38.5 Å². The maximum absolute atomic E-state index is 12.7. The van der Waals surface area contributed by atoms with Crippen LogP contribution in [0.15, 0.2) is 35.9 Å². The third-order valence-corrected chi connectivity index (χ3v) is 5.31. The van der Waals surface area contributed by atoms with Gasteiger partial charge in [0.25, 0.3) is 0 Å². The second-order valence-corrected chi connectivity index (χ2v) is 7.14. The van der Waals surface area contributed by atoms with E-state index in [1.54, 1.807) is 7.11 Å². The van der Waals surface area contributed by atoms with E-state index < -0.39 is 0 Å². The third-order valence-electron chi connectivity index (χ3n) is 5.31. The quantitative estimate of drug-likeness (QED) is 0.903. The number of nitrogens with zero attached hydrogens (tertiary/aromatic N) is 1. The molecule has 1 N–H and O–H groups in total. The minimum absolute atomic E-state index is 0.104. The van der Waals surface area contributed by atoms with E-state index in [2.05, 4.69) is 12.1 Å². The van der Waals surface area contributed by atoms with E-state index in [0.717, 1.165) is 62.0 Å². The lowest BCUT2D eigenvalue weighted by molar-refractivity contribution is -0.131. The molecule has 0 bridgehead atoms. The van der Waals surface area contributed by atoms with Crippen LogP contribution in [-0.4, -0.2) is 42.7 Å². The lowest BCUT2D eigenvalue weighted by Gasteiger charge is -2.42. The number of rotatable bonds is 5. The molecule has 130 valence electrons. The maximum Gasteiger partial charge on any atom is 0.249 e. The van der Waals surface area contributed by atoms with Crippen LogP contribution in [0.5, 0.6) is 5.75 Å². The molecule has 1 saturated heterocycles. The number of hydrogen-bond acceptors (Lipinski definition) is 3. The second-order valence-electron chi connectivity index (χ2n) is 7.14. The van der Waals surface area contributed by atoms with Gasteiger partial charge < -0.3 is 14.7 Å². The SMILES string of the molecule is COc1cccc(C[C@]2(CO)CCCN(C(=O)C3=CCCC3)C2)c1. The highest BCUT2D eigenvalue weighted by molar-refractivity contribution is 5.93. The zero-order chi connectivity index (χ0) is 17.0. The first kappa shape index (κ1) is 17.0. The van der Waals surface area contributed by atoms with Crippen LogP contribution in [0.4, 0.5) is 0 Å². The Kier molecular flexibility index (Phi) is 5.24. The largest absolute Gasteiger partial charge is 0.497 e. The van der Waals surface area contributed by atoms with E-state index in [9.17, 15) is 9.90 Å². The van der Waals surface area contributed by atoms with Crippen LogP contribution in [0.2, 0.25) is 0 Å². The van der Waals surface area contributed by atoms with Crippen molar-refractivity contribution in [1.29, 1.82) is 0 Å². The second kappa shape index (κ2) is 7.39. The van der Waals surface area contributed by atoms with Crippen LogP contribution in [0, 0.1) is 5.41 Å². The summed E-state index contributed by atoms with van der Waals surface area (Å²) in [7, 11) is 1.66. The Morgan fingerprint density at radius 3 is 2.96 bits per heavy atom. The number of aliphatic hydroxyl groups excluding tert-OH is 1. The first-order valence-electron chi connectivity index (χ1n) is 8.88. The number of benzene rings is 1. The van der Waals surface area contributed by atoms with Gasteiger partial charge in [0.15, 0.2) is 0 Å². The molecule has 1 amide bonds. The molecule has 1 aromatic rings.